The summed E-state index contributed by atoms with van der Waals surface area (Å²) in [7, 11) is 0. The number of carboxylic acids is 1. The molecule has 0 heterocycles. The largest absolute Gasteiger partial charge is 0.478 e. The van der Waals surface area contributed by atoms with Gasteiger partial charge in [0.25, 0.3) is 0 Å². The summed E-state index contributed by atoms with van der Waals surface area (Å²) in [5.74, 6) is -1.19. The number of benzene rings is 1. The van der Waals surface area contributed by atoms with Gasteiger partial charge in [-0.05, 0) is 43.9 Å². The molecule has 1 aromatic carbocycles. The third kappa shape index (κ3) is 2.13. The number of rotatable bonds is 1. The summed E-state index contributed by atoms with van der Waals surface area (Å²) in [5.41, 5.74) is 4.27. The minimum Gasteiger partial charge on any atom is -0.478 e. The third-order valence-electron chi connectivity index (χ3n) is 3.10. The van der Waals surface area contributed by atoms with Gasteiger partial charge in [0.2, 0.25) is 0 Å². The highest BCUT2D eigenvalue weighted by atomic mass is 16.4. The molecule has 0 radical (unpaired) electrons. The molecule has 0 aromatic heterocycles. The maximum absolute atomic E-state index is 12.1. The lowest BCUT2D eigenvalue weighted by atomic mass is 9.83. The van der Waals surface area contributed by atoms with Crippen molar-refractivity contribution in [2.24, 2.45) is 0 Å². The Kier molecular flexibility index (Phi) is 2.84. The number of carboxylic acid groups (broad SMARTS) is 1. The maximum atomic E-state index is 12.1. The van der Waals surface area contributed by atoms with Crippen molar-refractivity contribution < 1.29 is 14.7 Å². The summed E-state index contributed by atoms with van der Waals surface area (Å²) in [4.78, 5) is 22.8. The Hall–Kier alpha value is -1.90. The lowest BCUT2D eigenvalue weighted by molar-refractivity contribution is -0.131. The van der Waals surface area contributed by atoms with Crippen molar-refractivity contribution in [3.8, 4) is 0 Å². The predicted molar refractivity (Wildman–Crippen MR) is 64.3 cm³/mol. The highest BCUT2D eigenvalue weighted by Gasteiger charge is 2.23. The monoisotopic (exact) mass is 230 g/mol. The Morgan fingerprint density at radius 2 is 2.00 bits per heavy atom. The number of carbonyl (C=O) groups is 2. The van der Waals surface area contributed by atoms with E-state index < -0.39 is 5.97 Å². The number of hydrogen-bond acceptors (Lipinski definition) is 2. The zero-order chi connectivity index (χ0) is 12.6. The lowest BCUT2D eigenvalue weighted by Gasteiger charge is -2.19. The van der Waals surface area contributed by atoms with Crippen LogP contribution >= 0.6 is 0 Å². The first kappa shape index (κ1) is 11.6. The summed E-state index contributed by atoms with van der Waals surface area (Å²) < 4.78 is 0. The number of aliphatic carboxylic acids is 1. The van der Waals surface area contributed by atoms with Gasteiger partial charge in [-0.3, -0.25) is 4.79 Å². The van der Waals surface area contributed by atoms with Gasteiger partial charge in [-0.15, -0.1) is 0 Å². The summed E-state index contributed by atoms with van der Waals surface area (Å²) in [6.45, 7) is 3.93. The second kappa shape index (κ2) is 4.17. The molecule has 1 N–H and O–H groups in total. The molecule has 0 bridgehead atoms. The molecule has 0 spiro atoms. The topological polar surface area (TPSA) is 54.4 Å². The molecule has 3 heteroatoms. The highest BCUT2D eigenvalue weighted by molar-refractivity contribution is 6.13. The van der Waals surface area contributed by atoms with E-state index in [1.807, 2.05) is 19.9 Å². The van der Waals surface area contributed by atoms with E-state index >= 15 is 0 Å². The molecule has 1 aliphatic rings. The van der Waals surface area contributed by atoms with Crippen molar-refractivity contribution in [3.63, 3.8) is 0 Å². The fourth-order valence-electron chi connectivity index (χ4n) is 2.36. The molecule has 0 unspecified atom stereocenters. The van der Waals surface area contributed by atoms with Crippen molar-refractivity contribution in [1.29, 1.82) is 0 Å². The summed E-state index contributed by atoms with van der Waals surface area (Å²) in [6, 6.07) is 3.90. The molecule has 0 saturated carbocycles. The smallest absolute Gasteiger partial charge is 0.328 e. The van der Waals surface area contributed by atoms with Crippen LogP contribution in [0.3, 0.4) is 0 Å². The van der Waals surface area contributed by atoms with E-state index in [1.165, 1.54) is 0 Å². The molecule has 0 aliphatic heterocycles. The van der Waals surface area contributed by atoms with Crippen LogP contribution in [-0.4, -0.2) is 16.9 Å². The Morgan fingerprint density at radius 1 is 1.29 bits per heavy atom. The normalized spacial score (nSPS) is 17.1. The Balaban J connectivity index is 2.53. The predicted octanol–water partition coefficient (Wildman–Crippen LogP) is 2.44. The third-order valence-corrected chi connectivity index (χ3v) is 3.10. The Morgan fingerprint density at radius 3 is 2.65 bits per heavy atom. The molecular weight excluding hydrogens is 216 g/mol. The second-order valence-corrected chi connectivity index (χ2v) is 4.44. The van der Waals surface area contributed by atoms with Gasteiger partial charge in [-0.25, -0.2) is 4.79 Å². The SMILES string of the molecule is Cc1cc(C)c2c(c1)C(=O)/C(=C\C(=O)O)CC2. The summed E-state index contributed by atoms with van der Waals surface area (Å²) in [5, 5.41) is 8.71. The van der Waals surface area contributed by atoms with Gasteiger partial charge in [-0.1, -0.05) is 11.6 Å². The first-order valence-electron chi connectivity index (χ1n) is 5.57. The summed E-state index contributed by atoms with van der Waals surface area (Å²) >= 11 is 0. The van der Waals surface area contributed by atoms with E-state index in [9.17, 15) is 9.59 Å². The van der Waals surface area contributed by atoms with Crippen molar-refractivity contribution >= 4 is 11.8 Å². The van der Waals surface area contributed by atoms with E-state index in [2.05, 4.69) is 6.07 Å². The van der Waals surface area contributed by atoms with Crippen LogP contribution in [0.2, 0.25) is 0 Å². The van der Waals surface area contributed by atoms with E-state index in [1.54, 1.807) is 0 Å². The fourth-order valence-corrected chi connectivity index (χ4v) is 2.36. The van der Waals surface area contributed by atoms with E-state index in [0.29, 0.717) is 17.6 Å². The van der Waals surface area contributed by atoms with Crippen LogP contribution in [0.5, 0.6) is 0 Å². The van der Waals surface area contributed by atoms with Crippen molar-refractivity contribution in [2.45, 2.75) is 26.7 Å². The van der Waals surface area contributed by atoms with Crippen LogP contribution in [0.1, 0.15) is 33.5 Å². The van der Waals surface area contributed by atoms with Gasteiger partial charge in [0.1, 0.15) is 0 Å². The average molecular weight is 230 g/mol. The number of Topliss-reactive ketones (excluding diaryl/α,β-unsaturated/α-hetero) is 1. The zero-order valence-corrected chi connectivity index (χ0v) is 9.91. The number of fused-ring (bicyclic) bond motifs is 1. The van der Waals surface area contributed by atoms with E-state index in [-0.39, 0.29) is 5.78 Å². The van der Waals surface area contributed by atoms with Gasteiger partial charge in [0.05, 0.1) is 0 Å². The highest BCUT2D eigenvalue weighted by Crippen LogP contribution is 2.28. The van der Waals surface area contributed by atoms with E-state index in [4.69, 9.17) is 5.11 Å². The molecule has 0 saturated heterocycles. The first-order chi connectivity index (χ1) is 7.99. The molecule has 0 amide bonds. The quantitative estimate of drug-likeness (QED) is 0.754. The number of allylic oxidation sites excluding steroid dienone is 1. The molecule has 3 nitrogen and oxygen atoms in total. The minimum atomic E-state index is -1.05. The molecule has 0 atom stereocenters. The van der Waals surface area contributed by atoms with Crippen molar-refractivity contribution in [2.75, 3.05) is 0 Å². The van der Waals surface area contributed by atoms with Crippen LogP contribution in [0, 0.1) is 13.8 Å². The van der Waals surface area contributed by atoms with Gasteiger partial charge < -0.3 is 5.11 Å². The molecule has 0 fully saturated rings. The molecule has 17 heavy (non-hydrogen) atoms. The zero-order valence-electron chi connectivity index (χ0n) is 9.91. The maximum Gasteiger partial charge on any atom is 0.328 e. The fraction of sp³-hybridized carbons (Fsp3) is 0.286. The molecule has 1 aliphatic carbocycles. The molecule has 88 valence electrons. The number of hydrogen-bond donors (Lipinski definition) is 1. The van der Waals surface area contributed by atoms with Crippen LogP contribution in [0.15, 0.2) is 23.8 Å². The number of carbonyl (C=O) groups excluding carboxylic acids is 1. The Labute approximate surface area is 99.8 Å². The van der Waals surface area contributed by atoms with Crippen LogP contribution in [-0.2, 0) is 11.2 Å². The first-order valence-corrected chi connectivity index (χ1v) is 5.57. The standard InChI is InChI=1S/C14H14O3/c1-8-5-9(2)11-4-3-10(7-13(15)16)14(17)12(11)6-8/h5-7H,3-4H2,1-2H3,(H,15,16)/b10-7-. The lowest BCUT2D eigenvalue weighted by Crippen LogP contribution is -2.16. The number of aryl methyl sites for hydroxylation is 2. The van der Waals surface area contributed by atoms with Crippen LogP contribution in [0.4, 0.5) is 0 Å². The van der Waals surface area contributed by atoms with Crippen LogP contribution < -0.4 is 0 Å². The average Bonchev–Trinajstić information content (AvgIpc) is 2.22. The minimum absolute atomic E-state index is 0.138. The molecule has 2 rings (SSSR count). The second-order valence-electron chi connectivity index (χ2n) is 4.44. The van der Waals surface area contributed by atoms with Crippen LogP contribution in [0.25, 0.3) is 0 Å². The van der Waals surface area contributed by atoms with E-state index in [0.717, 1.165) is 29.2 Å². The Bertz CT molecular complexity index is 539. The molecular formula is C14H14O3. The van der Waals surface area contributed by atoms with Gasteiger partial charge in [-0.2, -0.15) is 0 Å². The van der Waals surface area contributed by atoms with Crippen molar-refractivity contribution in [3.05, 3.63) is 46.0 Å². The summed E-state index contributed by atoms with van der Waals surface area (Å²) in [6.07, 6.45) is 2.29. The van der Waals surface area contributed by atoms with Crippen molar-refractivity contribution in [1.82, 2.24) is 0 Å². The molecule has 1 aromatic rings. The number of ketones is 1. The van der Waals surface area contributed by atoms with Gasteiger partial charge >= 0.3 is 5.97 Å². The van der Waals surface area contributed by atoms with Gasteiger partial charge in [0, 0.05) is 17.2 Å². The van der Waals surface area contributed by atoms with Gasteiger partial charge in [0.15, 0.2) is 5.78 Å².